The van der Waals surface area contributed by atoms with Crippen molar-refractivity contribution in [1.29, 1.82) is 0 Å². The molecule has 1 aliphatic heterocycles. The first-order valence-electron chi connectivity index (χ1n) is 7.21. The normalized spacial score (nSPS) is 18.7. The molecule has 1 unspecified atom stereocenters. The van der Waals surface area contributed by atoms with Crippen LogP contribution >= 0.6 is 0 Å². The van der Waals surface area contributed by atoms with Gasteiger partial charge in [0.1, 0.15) is 0 Å². The van der Waals surface area contributed by atoms with Crippen molar-refractivity contribution in [2.45, 2.75) is 32.2 Å². The standard InChI is InChI=1S/C18H21N/c1-14-9-10-15(12-17-8-5-11-19-17)13-18(14)16-6-3-2-4-7-16/h2-4,6-7,9-10,13,17,19H,5,8,11-12H2,1H3. The van der Waals surface area contributed by atoms with E-state index in [4.69, 9.17) is 0 Å². The minimum Gasteiger partial charge on any atom is -0.314 e. The highest BCUT2D eigenvalue weighted by Gasteiger charge is 2.14. The van der Waals surface area contributed by atoms with Crippen molar-refractivity contribution < 1.29 is 0 Å². The number of hydrogen-bond donors (Lipinski definition) is 1. The first kappa shape index (κ1) is 12.4. The summed E-state index contributed by atoms with van der Waals surface area (Å²) in [5, 5.41) is 3.58. The Morgan fingerprint density at radius 3 is 2.68 bits per heavy atom. The predicted octanol–water partition coefficient (Wildman–Crippen LogP) is 3.96. The molecule has 1 fully saturated rings. The van der Waals surface area contributed by atoms with Crippen molar-refractivity contribution in [3.05, 3.63) is 59.7 Å². The maximum atomic E-state index is 3.58. The van der Waals surface area contributed by atoms with Crippen LogP contribution in [0.5, 0.6) is 0 Å². The smallest absolute Gasteiger partial charge is 0.0108 e. The number of rotatable bonds is 3. The molecule has 0 spiro atoms. The van der Waals surface area contributed by atoms with Gasteiger partial charge in [-0.15, -0.1) is 0 Å². The van der Waals surface area contributed by atoms with E-state index in [1.54, 1.807) is 0 Å². The number of benzene rings is 2. The molecule has 1 heterocycles. The van der Waals surface area contributed by atoms with Crippen LogP contribution in [0.2, 0.25) is 0 Å². The zero-order valence-electron chi connectivity index (χ0n) is 11.5. The third-order valence-corrected chi connectivity index (χ3v) is 4.03. The molecule has 98 valence electrons. The second-order valence-electron chi connectivity index (χ2n) is 5.51. The maximum Gasteiger partial charge on any atom is 0.0108 e. The third-order valence-electron chi connectivity index (χ3n) is 4.03. The van der Waals surface area contributed by atoms with Gasteiger partial charge in [0, 0.05) is 6.04 Å². The Bertz CT molecular complexity index is 539. The lowest BCUT2D eigenvalue weighted by molar-refractivity contribution is 0.603. The molecule has 1 N–H and O–H groups in total. The zero-order valence-corrected chi connectivity index (χ0v) is 11.5. The summed E-state index contributed by atoms with van der Waals surface area (Å²) in [5.41, 5.74) is 5.50. The van der Waals surface area contributed by atoms with Crippen molar-refractivity contribution >= 4 is 0 Å². The molecule has 3 rings (SSSR count). The summed E-state index contributed by atoms with van der Waals surface area (Å²) in [6.07, 6.45) is 3.79. The van der Waals surface area contributed by atoms with Crippen LogP contribution in [0.3, 0.4) is 0 Å². The summed E-state index contributed by atoms with van der Waals surface area (Å²) in [5.74, 6) is 0. The lowest BCUT2D eigenvalue weighted by atomic mass is 9.95. The molecule has 0 saturated carbocycles. The van der Waals surface area contributed by atoms with Crippen LogP contribution < -0.4 is 5.32 Å². The molecule has 1 nitrogen and oxygen atoms in total. The van der Waals surface area contributed by atoms with E-state index in [9.17, 15) is 0 Å². The van der Waals surface area contributed by atoms with Crippen LogP contribution in [-0.4, -0.2) is 12.6 Å². The van der Waals surface area contributed by atoms with E-state index in [1.807, 2.05) is 0 Å². The first-order valence-corrected chi connectivity index (χ1v) is 7.21. The Hall–Kier alpha value is -1.60. The zero-order chi connectivity index (χ0) is 13.1. The Morgan fingerprint density at radius 2 is 1.95 bits per heavy atom. The fraction of sp³-hybridized carbons (Fsp3) is 0.333. The number of hydrogen-bond acceptors (Lipinski definition) is 1. The van der Waals surface area contributed by atoms with Crippen molar-refractivity contribution in [2.24, 2.45) is 0 Å². The average molecular weight is 251 g/mol. The largest absolute Gasteiger partial charge is 0.314 e. The molecule has 0 aromatic heterocycles. The second-order valence-corrected chi connectivity index (χ2v) is 5.51. The van der Waals surface area contributed by atoms with E-state index >= 15 is 0 Å². The molecule has 1 aliphatic rings. The van der Waals surface area contributed by atoms with E-state index in [0.29, 0.717) is 6.04 Å². The van der Waals surface area contributed by atoms with E-state index in [-0.39, 0.29) is 0 Å². The van der Waals surface area contributed by atoms with Crippen molar-refractivity contribution in [2.75, 3.05) is 6.54 Å². The molecule has 0 amide bonds. The number of aryl methyl sites for hydroxylation is 1. The Kier molecular flexibility index (Phi) is 3.65. The maximum absolute atomic E-state index is 3.58. The molecule has 2 aromatic rings. The van der Waals surface area contributed by atoms with Crippen LogP contribution in [0.1, 0.15) is 24.0 Å². The van der Waals surface area contributed by atoms with Gasteiger partial charge in [-0.3, -0.25) is 0 Å². The Balaban J connectivity index is 1.87. The minimum atomic E-state index is 0.673. The molecule has 19 heavy (non-hydrogen) atoms. The quantitative estimate of drug-likeness (QED) is 0.870. The first-order chi connectivity index (χ1) is 9.33. The second kappa shape index (κ2) is 5.58. The summed E-state index contributed by atoms with van der Waals surface area (Å²) in [7, 11) is 0. The fourth-order valence-corrected chi connectivity index (χ4v) is 2.94. The minimum absolute atomic E-state index is 0.673. The lowest BCUT2D eigenvalue weighted by Crippen LogP contribution is -2.23. The average Bonchev–Trinajstić information content (AvgIpc) is 2.95. The summed E-state index contributed by atoms with van der Waals surface area (Å²) in [4.78, 5) is 0. The molecule has 0 aliphatic carbocycles. The molecule has 1 heteroatoms. The van der Waals surface area contributed by atoms with Gasteiger partial charge < -0.3 is 5.32 Å². The molecule has 1 saturated heterocycles. The molecular weight excluding hydrogens is 230 g/mol. The SMILES string of the molecule is Cc1ccc(CC2CCCN2)cc1-c1ccccc1. The highest BCUT2D eigenvalue weighted by molar-refractivity contribution is 5.67. The van der Waals surface area contributed by atoms with E-state index in [0.717, 1.165) is 6.42 Å². The van der Waals surface area contributed by atoms with Gasteiger partial charge >= 0.3 is 0 Å². The van der Waals surface area contributed by atoms with Crippen molar-refractivity contribution in [3.63, 3.8) is 0 Å². The van der Waals surface area contributed by atoms with Gasteiger partial charge in [0.05, 0.1) is 0 Å². The predicted molar refractivity (Wildman–Crippen MR) is 81.3 cm³/mol. The highest BCUT2D eigenvalue weighted by Crippen LogP contribution is 2.25. The summed E-state index contributed by atoms with van der Waals surface area (Å²) >= 11 is 0. The van der Waals surface area contributed by atoms with Gasteiger partial charge in [0.25, 0.3) is 0 Å². The van der Waals surface area contributed by atoms with Crippen LogP contribution in [-0.2, 0) is 6.42 Å². The van der Waals surface area contributed by atoms with Crippen LogP contribution in [0.25, 0.3) is 11.1 Å². The van der Waals surface area contributed by atoms with Gasteiger partial charge in [0.2, 0.25) is 0 Å². The monoisotopic (exact) mass is 251 g/mol. The fourth-order valence-electron chi connectivity index (χ4n) is 2.94. The van der Waals surface area contributed by atoms with Gasteiger partial charge in [-0.05, 0) is 55.0 Å². The topological polar surface area (TPSA) is 12.0 Å². The van der Waals surface area contributed by atoms with Crippen molar-refractivity contribution in [1.82, 2.24) is 5.32 Å². The highest BCUT2D eigenvalue weighted by atomic mass is 14.9. The van der Waals surface area contributed by atoms with Crippen LogP contribution in [0.4, 0.5) is 0 Å². The van der Waals surface area contributed by atoms with Crippen LogP contribution in [0.15, 0.2) is 48.5 Å². The van der Waals surface area contributed by atoms with Crippen LogP contribution in [0, 0.1) is 6.92 Å². The van der Waals surface area contributed by atoms with Gasteiger partial charge in [0.15, 0.2) is 0 Å². The molecule has 1 atom stereocenters. The summed E-state index contributed by atoms with van der Waals surface area (Å²) in [6, 6.07) is 18.3. The summed E-state index contributed by atoms with van der Waals surface area (Å²) in [6.45, 7) is 3.38. The van der Waals surface area contributed by atoms with E-state index < -0.39 is 0 Å². The third kappa shape index (κ3) is 2.87. The van der Waals surface area contributed by atoms with Gasteiger partial charge in [-0.25, -0.2) is 0 Å². The van der Waals surface area contributed by atoms with Crippen molar-refractivity contribution in [3.8, 4) is 11.1 Å². The lowest BCUT2D eigenvalue weighted by Gasteiger charge is -2.13. The molecular formula is C18H21N. The molecule has 0 bridgehead atoms. The van der Waals surface area contributed by atoms with Gasteiger partial charge in [-0.1, -0.05) is 48.5 Å². The van der Waals surface area contributed by atoms with Gasteiger partial charge in [-0.2, -0.15) is 0 Å². The molecule has 2 aromatic carbocycles. The Labute approximate surface area is 115 Å². The number of nitrogens with one attached hydrogen (secondary N) is 1. The molecule has 0 radical (unpaired) electrons. The van der Waals surface area contributed by atoms with E-state index in [2.05, 4.69) is 60.8 Å². The Morgan fingerprint density at radius 1 is 1.11 bits per heavy atom. The summed E-state index contributed by atoms with van der Waals surface area (Å²) < 4.78 is 0. The van der Waals surface area contributed by atoms with E-state index in [1.165, 1.54) is 41.6 Å².